The first kappa shape index (κ1) is 22.2. The number of rotatable bonds is 6. The number of ether oxygens (including phenoxy) is 1. The van der Waals surface area contributed by atoms with Gasteiger partial charge in [0.15, 0.2) is 0 Å². The lowest BCUT2D eigenvalue weighted by Crippen LogP contribution is -2.45. The normalized spacial score (nSPS) is 18.2. The summed E-state index contributed by atoms with van der Waals surface area (Å²) in [6.45, 7) is 3.63. The Labute approximate surface area is 208 Å². The molecule has 9 nitrogen and oxygen atoms in total. The monoisotopic (exact) mass is 481 g/mol. The number of aromatic nitrogens is 6. The van der Waals surface area contributed by atoms with Gasteiger partial charge in [0.1, 0.15) is 17.5 Å². The van der Waals surface area contributed by atoms with E-state index in [0.717, 1.165) is 57.3 Å². The van der Waals surface area contributed by atoms with Crippen molar-refractivity contribution in [3.05, 3.63) is 66.7 Å². The van der Waals surface area contributed by atoms with Gasteiger partial charge < -0.3 is 9.64 Å². The molecule has 1 unspecified atom stereocenters. The van der Waals surface area contributed by atoms with Crippen LogP contribution in [0, 0.1) is 0 Å². The predicted octanol–water partition coefficient (Wildman–Crippen LogP) is 4.69. The van der Waals surface area contributed by atoms with Crippen LogP contribution >= 0.6 is 0 Å². The summed E-state index contributed by atoms with van der Waals surface area (Å²) >= 11 is 0. The van der Waals surface area contributed by atoms with Crippen LogP contribution in [-0.4, -0.2) is 53.8 Å². The molecule has 1 aliphatic carbocycles. The molecular weight excluding hydrogens is 454 g/mol. The zero-order valence-corrected chi connectivity index (χ0v) is 20.4. The molecular formula is C27H27N7O2. The number of fused-ring (bicyclic) bond motifs is 2. The van der Waals surface area contributed by atoms with Gasteiger partial charge in [-0.1, -0.05) is 12.1 Å². The number of hydrogen-bond donors (Lipinski definition) is 1. The van der Waals surface area contributed by atoms with Crippen molar-refractivity contribution in [2.45, 2.75) is 44.9 Å². The van der Waals surface area contributed by atoms with Crippen molar-refractivity contribution in [1.82, 2.24) is 34.8 Å². The molecule has 1 atom stereocenters. The average Bonchev–Trinajstić information content (AvgIpc) is 3.49. The highest BCUT2D eigenvalue weighted by Gasteiger charge is 2.35. The molecule has 9 heteroatoms. The van der Waals surface area contributed by atoms with Crippen LogP contribution in [0.15, 0.2) is 61.2 Å². The number of benzene rings is 2. The van der Waals surface area contributed by atoms with Crippen LogP contribution in [-0.2, 0) is 4.79 Å². The van der Waals surface area contributed by atoms with E-state index in [1.807, 2.05) is 72.3 Å². The van der Waals surface area contributed by atoms with E-state index in [9.17, 15) is 4.79 Å². The Morgan fingerprint density at radius 3 is 2.86 bits per heavy atom. The van der Waals surface area contributed by atoms with Crippen LogP contribution in [0.3, 0.4) is 0 Å². The number of hydrogen-bond acceptors (Lipinski definition) is 6. The van der Waals surface area contributed by atoms with Crippen molar-refractivity contribution in [2.75, 3.05) is 7.05 Å². The smallest absolute Gasteiger partial charge is 0.219 e. The maximum atomic E-state index is 11.6. The van der Waals surface area contributed by atoms with Crippen LogP contribution < -0.4 is 4.74 Å². The molecule has 1 N–H and O–H groups in total. The van der Waals surface area contributed by atoms with Crippen molar-refractivity contribution in [1.29, 1.82) is 0 Å². The second-order valence-electron chi connectivity index (χ2n) is 9.43. The van der Waals surface area contributed by atoms with Crippen LogP contribution in [0.5, 0.6) is 5.75 Å². The number of nitrogens with one attached hydrogen (secondary N) is 1. The largest absolute Gasteiger partial charge is 0.486 e. The topological polar surface area (TPSA) is 102 Å². The van der Waals surface area contributed by atoms with E-state index in [0.29, 0.717) is 6.04 Å². The molecule has 6 rings (SSSR count). The molecule has 0 saturated heterocycles. The zero-order valence-electron chi connectivity index (χ0n) is 20.4. The highest BCUT2D eigenvalue weighted by Crippen LogP contribution is 2.37. The SMILES string of the molecule is CC(=O)N(C)C1CC(n2cc(-c3n[nH]c4ccc(OC(C)c5cccc6nccnc56)cc34)cn2)C1. The highest BCUT2D eigenvalue weighted by atomic mass is 16.5. The van der Waals surface area contributed by atoms with E-state index < -0.39 is 0 Å². The fraction of sp³-hybridized carbons (Fsp3) is 0.296. The summed E-state index contributed by atoms with van der Waals surface area (Å²) < 4.78 is 8.33. The molecule has 1 amide bonds. The Balaban J connectivity index is 1.23. The lowest BCUT2D eigenvalue weighted by molar-refractivity contribution is -0.131. The van der Waals surface area contributed by atoms with Crippen LogP contribution in [0.4, 0.5) is 0 Å². The maximum absolute atomic E-state index is 11.6. The number of amides is 1. The molecule has 182 valence electrons. The number of H-pyrrole nitrogens is 1. The Morgan fingerprint density at radius 1 is 1.19 bits per heavy atom. The van der Waals surface area contributed by atoms with Gasteiger partial charge in [-0.2, -0.15) is 10.2 Å². The first-order chi connectivity index (χ1) is 17.5. The average molecular weight is 482 g/mol. The second kappa shape index (κ2) is 8.75. The molecule has 1 fully saturated rings. The molecule has 3 heterocycles. The molecule has 0 spiro atoms. The third-order valence-corrected chi connectivity index (χ3v) is 7.20. The highest BCUT2D eigenvalue weighted by molar-refractivity contribution is 5.93. The second-order valence-corrected chi connectivity index (χ2v) is 9.43. The number of carbonyl (C=O) groups is 1. The summed E-state index contributed by atoms with van der Waals surface area (Å²) in [4.78, 5) is 22.3. The van der Waals surface area contributed by atoms with Crippen molar-refractivity contribution in [3.63, 3.8) is 0 Å². The van der Waals surface area contributed by atoms with E-state index in [2.05, 4.69) is 25.3 Å². The minimum Gasteiger partial charge on any atom is -0.486 e. The third-order valence-electron chi connectivity index (χ3n) is 7.20. The van der Waals surface area contributed by atoms with E-state index in [-0.39, 0.29) is 18.1 Å². The summed E-state index contributed by atoms with van der Waals surface area (Å²) in [7, 11) is 1.86. The van der Waals surface area contributed by atoms with Gasteiger partial charge in [-0.3, -0.25) is 24.5 Å². The Hall–Kier alpha value is -4.27. The van der Waals surface area contributed by atoms with Crippen molar-refractivity contribution in [2.24, 2.45) is 0 Å². The number of carbonyl (C=O) groups excluding carboxylic acids is 1. The fourth-order valence-corrected chi connectivity index (χ4v) is 4.91. The molecule has 1 saturated carbocycles. The van der Waals surface area contributed by atoms with Crippen molar-refractivity contribution in [3.8, 4) is 17.0 Å². The maximum Gasteiger partial charge on any atom is 0.219 e. The van der Waals surface area contributed by atoms with Crippen LogP contribution in [0.1, 0.15) is 44.4 Å². The standard InChI is InChI=1S/C27H27N7O2/c1-16(22-5-4-6-25-27(22)29-10-9-28-25)36-21-7-8-24-23(13-21)26(32-31-24)18-14-30-34(15-18)20-11-19(12-20)33(3)17(2)35/h4-10,13-16,19-20H,11-12H2,1-3H3,(H,31,32). The van der Waals surface area contributed by atoms with Crippen LogP contribution in [0.25, 0.3) is 33.2 Å². The zero-order chi connectivity index (χ0) is 24.8. The molecule has 1 aliphatic rings. The molecule has 2 aromatic carbocycles. The van der Waals surface area contributed by atoms with Gasteiger partial charge >= 0.3 is 0 Å². The van der Waals surface area contributed by atoms with Gasteiger partial charge in [-0.15, -0.1) is 0 Å². The minimum atomic E-state index is -0.208. The van der Waals surface area contributed by atoms with Crippen molar-refractivity contribution < 1.29 is 9.53 Å². The predicted molar refractivity (Wildman–Crippen MR) is 136 cm³/mol. The summed E-state index contributed by atoms with van der Waals surface area (Å²) in [5.41, 5.74) is 5.39. The van der Waals surface area contributed by atoms with Gasteiger partial charge in [0.05, 0.1) is 28.8 Å². The van der Waals surface area contributed by atoms with Crippen LogP contribution in [0.2, 0.25) is 0 Å². The van der Waals surface area contributed by atoms with Gasteiger partial charge in [0.25, 0.3) is 0 Å². The summed E-state index contributed by atoms with van der Waals surface area (Å²) in [6.07, 6.45) is 8.90. The lowest BCUT2D eigenvalue weighted by Gasteiger charge is -2.40. The Morgan fingerprint density at radius 2 is 2.03 bits per heavy atom. The first-order valence-corrected chi connectivity index (χ1v) is 12.1. The Bertz CT molecular complexity index is 1560. The van der Waals surface area contributed by atoms with E-state index in [1.165, 1.54) is 0 Å². The molecule has 5 aromatic rings. The summed E-state index contributed by atoms with van der Waals surface area (Å²) in [5, 5.41) is 13.2. The minimum absolute atomic E-state index is 0.100. The van der Waals surface area contributed by atoms with Crippen molar-refractivity contribution >= 4 is 27.8 Å². The third kappa shape index (κ3) is 3.86. The molecule has 0 bridgehead atoms. The van der Waals surface area contributed by atoms with Gasteiger partial charge in [-0.25, -0.2) is 0 Å². The quantitative estimate of drug-likeness (QED) is 0.377. The molecule has 36 heavy (non-hydrogen) atoms. The van der Waals surface area contributed by atoms with Gasteiger partial charge in [0.2, 0.25) is 5.91 Å². The molecule has 0 aliphatic heterocycles. The molecule has 3 aromatic heterocycles. The number of para-hydroxylation sites is 1. The van der Waals surface area contributed by atoms with E-state index in [4.69, 9.17) is 4.74 Å². The number of aromatic amines is 1. The lowest BCUT2D eigenvalue weighted by atomic mass is 9.86. The molecule has 0 radical (unpaired) electrons. The van der Waals surface area contributed by atoms with Gasteiger partial charge in [0, 0.05) is 55.1 Å². The number of nitrogens with zero attached hydrogens (tertiary/aromatic N) is 6. The Kier molecular flexibility index (Phi) is 5.40. The van der Waals surface area contributed by atoms with Gasteiger partial charge in [-0.05, 0) is 44.0 Å². The van der Waals surface area contributed by atoms with E-state index in [1.54, 1.807) is 19.3 Å². The first-order valence-electron chi connectivity index (χ1n) is 12.1. The fourth-order valence-electron chi connectivity index (χ4n) is 4.91. The van der Waals surface area contributed by atoms with E-state index >= 15 is 0 Å². The summed E-state index contributed by atoms with van der Waals surface area (Å²) in [5.74, 6) is 0.850. The summed E-state index contributed by atoms with van der Waals surface area (Å²) in [6, 6.07) is 12.5.